The molecule has 34 heavy (non-hydrogen) atoms. The summed E-state index contributed by atoms with van der Waals surface area (Å²) in [6.07, 6.45) is 2.94. The fraction of sp³-hybridized carbons (Fsp3) is 0.167. The molecule has 172 valence electrons. The van der Waals surface area contributed by atoms with Crippen molar-refractivity contribution in [2.24, 2.45) is 0 Å². The molecule has 2 aromatic carbocycles. The molecule has 1 unspecified atom stereocenters. The van der Waals surface area contributed by atoms with Crippen LogP contribution in [0.25, 0.3) is 11.0 Å². The molecule has 4 aromatic rings. The molecular weight excluding hydrogens is 462 g/mol. The number of carbonyl (C=O) groups is 1. The number of hydrogen-bond acceptors (Lipinski definition) is 8. The van der Waals surface area contributed by atoms with E-state index in [1.165, 1.54) is 44.8 Å². The molecule has 1 atom stereocenters. The van der Waals surface area contributed by atoms with E-state index >= 15 is 0 Å². The van der Waals surface area contributed by atoms with Crippen LogP contribution in [-0.2, 0) is 12.3 Å². The van der Waals surface area contributed by atoms with Gasteiger partial charge in [-0.3, -0.25) is 14.5 Å². The van der Waals surface area contributed by atoms with Gasteiger partial charge >= 0.3 is 0 Å². The highest BCUT2D eigenvalue weighted by molar-refractivity contribution is 6.31. The van der Waals surface area contributed by atoms with Crippen LogP contribution in [0.3, 0.4) is 0 Å². The smallest absolute Gasteiger partial charge is 0.293 e. The van der Waals surface area contributed by atoms with E-state index in [1.807, 2.05) is 0 Å². The van der Waals surface area contributed by atoms with E-state index in [1.54, 1.807) is 24.3 Å². The number of methoxy groups -OCH3 is 2. The number of amides is 1. The molecule has 3 heterocycles. The SMILES string of the molecule is COc1ccc(C2(O)c3c(oc4ccc(Cl)cc4c3=O)C(=O)N2Cc2ccnnc2)cc1OC. The molecule has 0 spiro atoms. The highest BCUT2D eigenvalue weighted by atomic mass is 35.5. The Labute approximate surface area is 198 Å². The van der Waals surface area contributed by atoms with Gasteiger partial charge in [0.15, 0.2) is 11.5 Å². The normalized spacial score (nSPS) is 17.2. The lowest BCUT2D eigenvalue weighted by Gasteiger charge is -2.34. The number of aliphatic hydroxyl groups is 1. The summed E-state index contributed by atoms with van der Waals surface area (Å²) in [6.45, 7) is -0.0695. The summed E-state index contributed by atoms with van der Waals surface area (Å²) in [5, 5.41) is 20.2. The van der Waals surface area contributed by atoms with Gasteiger partial charge in [-0.1, -0.05) is 11.6 Å². The third-order valence-corrected chi connectivity index (χ3v) is 6.04. The molecule has 5 rings (SSSR count). The Hall–Kier alpha value is -3.95. The van der Waals surface area contributed by atoms with Crippen LogP contribution in [0.1, 0.15) is 27.2 Å². The zero-order valence-electron chi connectivity index (χ0n) is 18.1. The van der Waals surface area contributed by atoms with Gasteiger partial charge in [0.25, 0.3) is 5.91 Å². The Morgan fingerprint density at radius 1 is 1.06 bits per heavy atom. The first kappa shape index (κ1) is 21.9. The maximum atomic E-state index is 13.6. The maximum absolute atomic E-state index is 13.6. The van der Waals surface area contributed by atoms with Crippen molar-refractivity contribution in [3.05, 3.63) is 92.6 Å². The standard InChI is InChI=1S/C24H18ClN3O6/c1-32-18-5-3-14(9-19(18)33-2)24(31)20-21(29)16-10-15(25)4-6-17(16)34-22(20)23(30)28(24)12-13-7-8-26-27-11-13/h3-11,31H,12H2,1-2H3. The lowest BCUT2D eigenvalue weighted by Crippen LogP contribution is -2.46. The summed E-state index contributed by atoms with van der Waals surface area (Å²) < 4.78 is 16.5. The van der Waals surface area contributed by atoms with Crippen LogP contribution >= 0.6 is 11.6 Å². The second-order valence-electron chi connectivity index (χ2n) is 7.66. The molecule has 9 nitrogen and oxygen atoms in total. The largest absolute Gasteiger partial charge is 0.493 e. The molecule has 1 N–H and O–H groups in total. The van der Waals surface area contributed by atoms with Crippen molar-refractivity contribution in [3.63, 3.8) is 0 Å². The van der Waals surface area contributed by atoms with Crippen molar-refractivity contribution >= 4 is 28.5 Å². The van der Waals surface area contributed by atoms with Crippen LogP contribution in [0.4, 0.5) is 0 Å². The van der Waals surface area contributed by atoms with Crippen LogP contribution in [0.15, 0.2) is 64.1 Å². The number of benzene rings is 2. The minimum Gasteiger partial charge on any atom is -0.493 e. The molecule has 0 saturated carbocycles. The zero-order chi connectivity index (χ0) is 24.0. The summed E-state index contributed by atoms with van der Waals surface area (Å²) >= 11 is 6.10. The average molecular weight is 480 g/mol. The van der Waals surface area contributed by atoms with Gasteiger partial charge in [-0.05, 0) is 48.0 Å². The fourth-order valence-electron chi connectivity index (χ4n) is 4.17. The second-order valence-corrected chi connectivity index (χ2v) is 8.10. The Bertz CT molecular complexity index is 1490. The van der Waals surface area contributed by atoms with E-state index in [0.29, 0.717) is 22.1 Å². The van der Waals surface area contributed by atoms with Gasteiger partial charge in [0.2, 0.25) is 16.9 Å². The van der Waals surface area contributed by atoms with E-state index in [-0.39, 0.29) is 34.4 Å². The molecule has 0 fully saturated rings. The molecule has 10 heteroatoms. The zero-order valence-corrected chi connectivity index (χ0v) is 18.9. The molecule has 1 amide bonds. The van der Waals surface area contributed by atoms with Crippen LogP contribution in [0.5, 0.6) is 11.5 Å². The van der Waals surface area contributed by atoms with Crippen LogP contribution in [-0.4, -0.2) is 40.3 Å². The monoisotopic (exact) mass is 479 g/mol. The van der Waals surface area contributed by atoms with Crippen molar-refractivity contribution in [2.45, 2.75) is 12.3 Å². The molecule has 1 aliphatic heterocycles. The summed E-state index contributed by atoms with van der Waals surface area (Å²) in [4.78, 5) is 28.3. The topological polar surface area (TPSA) is 115 Å². The molecule has 2 aromatic heterocycles. The first-order chi connectivity index (χ1) is 16.4. The Kier molecular flexibility index (Phi) is 5.22. The predicted octanol–water partition coefficient (Wildman–Crippen LogP) is 3.10. The molecule has 0 radical (unpaired) electrons. The number of aromatic nitrogens is 2. The minimum absolute atomic E-state index is 0.0695. The van der Waals surface area contributed by atoms with Crippen molar-refractivity contribution in [1.82, 2.24) is 15.1 Å². The molecular formula is C24H18ClN3O6. The first-order valence-electron chi connectivity index (χ1n) is 10.2. The molecule has 0 bridgehead atoms. The molecule has 1 aliphatic rings. The van der Waals surface area contributed by atoms with Crippen molar-refractivity contribution in [2.75, 3.05) is 14.2 Å². The van der Waals surface area contributed by atoms with Gasteiger partial charge < -0.3 is 19.0 Å². The first-order valence-corrected chi connectivity index (χ1v) is 10.6. The van der Waals surface area contributed by atoms with Crippen LogP contribution in [0, 0.1) is 0 Å². The van der Waals surface area contributed by atoms with E-state index in [9.17, 15) is 14.7 Å². The lowest BCUT2D eigenvalue weighted by molar-refractivity contribution is -0.0550. The van der Waals surface area contributed by atoms with Gasteiger partial charge in [-0.25, -0.2) is 0 Å². The maximum Gasteiger partial charge on any atom is 0.293 e. The molecule has 0 saturated heterocycles. The van der Waals surface area contributed by atoms with Gasteiger partial charge in [-0.2, -0.15) is 10.2 Å². The highest BCUT2D eigenvalue weighted by Gasteiger charge is 2.54. The number of ether oxygens (including phenoxy) is 2. The van der Waals surface area contributed by atoms with Gasteiger partial charge in [0.1, 0.15) is 11.1 Å². The third-order valence-electron chi connectivity index (χ3n) is 5.80. The van der Waals surface area contributed by atoms with Crippen molar-refractivity contribution in [1.29, 1.82) is 0 Å². The quantitative estimate of drug-likeness (QED) is 0.464. The van der Waals surface area contributed by atoms with Crippen LogP contribution in [0.2, 0.25) is 5.02 Å². The van der Waals surface area contributed by atoms with Crippen LogP contribution < -0.4 is 14.9 Å². The van der Waals surface area contributed by atoms with Gasteiger partial charge in [0, 0.05) is 16.8 Å². The van der Waals surface area contributed by atoms with Crippen molar-refractivity contribution < 1.29 is 23.8 Å². The number of rotatable bonds is 5. The summed E-state index contributed by atoms with van der Waals surface area (Å²) in [5.41, 5.74) is -1.96. The Morgan fingerprint density at radius 3 is 2.56 bits per heavy atom. The van der Waals surface area contributed by atoms with E-state index in [4.69, 9.17) is 25.5 Å². The minimum atomic E-state index is -2.17. The summed E-state index contributed by atoms with van der Waals surface area (Å²) in [5.74, 6) is -0.174. The van der Waals surface area contributed by atoms with Gasteiger partial charge in [0.05, 0.1) is 32.3 Å². The van der Waals surface area contributed by atoms with E-state index in [0.717, 1.165) is 4.90 Å². The number of hydrogen-bond donors (Lipinski definition) is 1. The summed E-state index contributed by atoms with van der Waals surface area (Å²) in [7, 11) is 2.93. The van der Waals surface area contributed by atoms with Gasteiger partial charge in [-0.15, -0.1) is 0 Å². The van der Waals surface area contributed by atoms with Crippen molar-refractivity contribution in [3.8, 4) is 11.5 Å². The van der Waals surface area contributed by atoms with E-state index < -0.39 is 17.1 Å². The molecule has 0 aliphatic carbocycles. The fourth-order valence-corrected chi connectivity index (χ4v) is 4.34. The predicted molar refractivity (Wildman–Crippen MR) is 122 cm³/mol. The second kappa shape index (κ2) is 8.12. The summed E-state index contributed by atoms with van der Waals surface area (Å²) in [6, 6.07) is 10.8. The Morgan fingerprint density at radius 2 is 1.85 bits per heavy atom. The number of fused-ring (bicyclic) bond motifs is 2. The van der Waals surface area contributed by atoms with E-state index in [2.05, 4.69) is 10.2 Å². The number of halogens is 1. The lowest BCUT2D eigenvalue weighted by atomic mass is 9.93. The highest BCUT2D eigenvalue weighted by Crippen LogP contribution is 2.44. The third kappa shape index (κ3) is 3.20. The Balaban J connectivity index is 1.80. The number of carbonyl (C=O) groups excluding carboxylic acids is 1. The average Bonchev–Trinajstić information content (AvgIpc) is 3.07. The number of nitrogens with zero attached hydrogens (tertiary/aromatic N) is 3.